The Balaban J connectivity index is 2.15. The molecule has 0 fully saturated rings. The van der Waals surface area contributed by atoms with Gasteiger partial charge in [0.1, 0.15) is 5.75 Å². The lowest BCUT2D eigenvalue weighted by Crippen LogP contribution is -2.35. The molecule has 118 valence electrons. The zero-order valence-corrected chi connectivity index (χ0v) is 13.5. The Bertz CT molecular complexity index is 400. The van der Waals surface area contributed by atoms with Gasteiger partial charge >= 0.3 is 0 Å². The average molecular weight is 292 g/mol. The molecule has 4 heteroatoms. The quantitative estimate of drug-likeness (QED) is 0.720. The fraction of sp³-hybridized carbons (Fsp3) is 0.588. The van der Waals surface area contributed by atoms with Gasteiger partial charge in [-0.1, -0.05) is 32.9 Å². The van der Waals surface area contributed by atoms with Crippen molar-refractivity contribution in [1.29, 1.82) is 0 Å². The fourth-order valence-electron chi connectivity index (χ4n) is 2.06. The molecule has 1 N–H and O–H groups in total. The normalized spacial score (nSPS) is 10.7. The van der Waals surface area contributed by atoms with Gasteiger partial charge in [0.05, 0.1) is 13.0 Å². The van der Waals surface area contributed by atoms with E-state index in [1.54, 1.807) is 0 Å². The van der Waals surface area contributed by atoms with Gasteiger partial charge in [-0.25, -0.2) is 0 Å². The Morgan fingerprint density at radius 3 is 2.38 bits per heavy atom. The fourth-order valence-corrected chi connectivity index (χ4v) is 2.06. The molecule has 0 aliphatic rings. The Morgan fingerprint density at radius 2 is 1.81 bits per heavy atom. The van der Waals surface area contributed by atoms with Gasteiger partial charge < -0.3 is 15.0 Å². The van der Waals surface area contributed by atoms with E-state index in [9.17, 15) is 4.79 Å². The second-order valence-electron chi connectivity index (χ2n) is 4.97. The van der Waals surface area contributed by atoms with Crippen molar-refractivity contribution in [1.82, 2.24) is 10.2 Å². The summed E-state index contributed by atoms with van der Waals surface area (Å²) in [5.41, 5.74) is 1.29. The van der Waals surface area contributed by atoms with E-state index in [4.69, 9.17) is 4.74 Å². The number of aryl methyl sites for hydroxylation is 1. The highest BCUT2D eigenvalue weighted by molar-refractivity contribution is 5.75. The number of benzene rings is 1. The number of ether oxygens (including phenoxy) is 1. The molecule has 4 nitrogen and oxygen atoms in total. The molecule has 0 aliphatic carbocycles. The number of hydrogen-bond donors (Lipinski definition) is 1. The van der Waals surface area contributed by atoms with Crippen LogP contribution in [0.1, 0.15) is 32.8 Å². The van der Waals surface area contributed by atoms with Crippen molar-refractivity contribution in [3.63, 3.8) is 0 Å². The van der Waals surface area contributed by atoms with Crippen LogP contribution in [0.15, 0.2) is 24.3 Å². The number of likely N-dealkylation sites (N-methyl/N-ethyl adjacent to an activating group) is 1. The molecule has 0 saturated heterocycles. The van der Waals surface area contributed by atoms with Crippen molar-refractivity contribution in [2.75, 3.05) is 32.8 Å². The molecule has 1 aromatic carbocycles. The van der Waals surface area contributed by atoms with E-state index < -0.39 is 0 Å². The van der Waals surface area contributed by atoms with Gasteiger partial charge in [-0.2, -0.15) is 0 Å². The minimum Gasteiger partial charge on any atom is -0.493 e. The lowest BCUT2D eigenvalue weighted by Gasteiger charge is -2.17. The van der Waals surface area contributed by atoms with Crippen LogP contribution in [0.3, 0.4) is 0 Å². The van der Waals surface area contributed by atoms with E-state index in [0.717, 1.165) is 31.8 Å². The second kappa shape index (κ2) is 10.2. The molecule has 21 heavy (non-hydrogen) atoms. The van der Waals surface area contributed by atoms with Crippen molar-refractivity contribution < 1.29 is 9.53 Å². The van der Waals surface area contributed by atoms with Crippen LogP contribution in [0.25, 0.3) is 0 Å². The predicted octanol–water partition coefficient (Wildman–Crippen LogP) is 2.48. The monoisotopic (exact) mass is 292 g/mol. The SMILES string of the molecule is CCc1ccc(OCCC(=O)NCCN(CC)CC)cc1. The first-order valence-electron chi connectivity index (χ1n) is 7.90. The largest absolute Gasteiger partial charge is 0.493 e. The zero-order chi connectivity index (χ0) is 15.5. The molecular formula is C17H28N2O2. The summed E-state index contributed by atoms with van der Waals surface area (Å²) in [7, 11) is 0. The van der Waals surface area contributed by atoms with Crippen LogP contribution in [0.4, 0.5) is 0 Å². The molecule has 0 aliphatic heterocycles. The third kappa shape index (κ3) is 7.14. The van der Waals surface area contributed by atoms with Gasteiger partial charge in [0.2, 0.25) is 5.91 Å². The van der Waals surface area contributed by atoms with Gasteiger partial charge in [0.15, 0.2) is 0 Å². The lowest BCUT2D eigenvalue weighted by atomic mass is 10.2. The van der Waals surface area contributed by atoms with Gasteiger partial charge in [-0.15, -0.1) is 0 Å². The Labute approximate surface area is 128 Å². The zero-order valence-electron chi connectivity index (χ0n) is 13.5. The van der Waals surface area contributed by atoms with Crippen molar-refractivity contribution in [2.24, 2.45) is 0 Å². The van der Waals surface area contributed by atoms with Crippen LogP contribution in [0.2, 0.25) is 0 Å². The molecule has 1 aromatic rings. The molecule has 1 amide bonds. The molecule has 1 rings (SSSR count). The third-order valence-electron chi connectivity index (χ3n) is 3.57. The minimum absolute atomic E-state index is 0.0485. The Kier molecular flexibility index (Phi) is 8.51. The van der Waals surface area contributed by atoms with E-state index in [2.05, 4.69) is 43.1 Å². The number of nitrogens with one attached hydrogen (secondary N) is 1. The number of hydrogen-bond acceptors (Lipinski definition) is 3. The lowest BCUT2D eigenvalue weighted by molar-refractivity contribution is -0.121. The van der Waals surface area contributed by atoms with Crippen molar-refractivity contribution in [3.8, 4) is 5.75 Å². The number of nitrogens with zero attached hydrogens (tertiary/aromatic N) is 1. The molecule has 0 spiro atoms. The second-order valence-corrected chi connectivity index (χ2v) is 4.97. The topological polar surface area (TPSA) is 41.6 Å². The van der Waals surface area contributed by atoms with Gasteiger partial charge in [-0.05, 0) is 37.2 Å². The van der Waals surface area contributed by atoms with E-state index in [1.165, 1.54) is 5.56 Å². The van der Waals surface area contributed by atoms with Crippen LogP contribution in [-0.2, 0) is 11.2 Å². The maximum absolute atomic E-state index is 11.7. The van der Waals surface area contributed by atoms with E-state index in [1.807, 2.05) is 12.1 Å². The number of carbonyl (C=O) groups is 1. The Hall–Kier alpha value is -1.55. The number of amides is 1. The number of carbonyl (C=O) groups excluding carboxylic acids is 1. The summed E-state index contributed by atoms with van der Waals surface area (Å²) in [6, 6.07) is 8.02. The molecule has 0 aromatic heterocycles. The van der Waals surface area contributed by atoms with E-state index in [-0.39, 0.29) is 5.91 Å². The summed E-state index contributed by atoms with van der Waals surface area (Å²) < 4.78 is 5.57. The maximum atomic E-state index is 11.7. The standard InChI is InChI=1S/C17H28N2O2/c1-4-15-7-9-16(10-8-15)21-14-11-17(20)18-12-13-19(5-2)6-3/h7-10H,4-6,11-14H2,1-3H3,(H,18,20). The van der Waals surface area contributed by atoms with Crippen molar-refractivity contribution in [3.05, 3.63) is 29.8 Å². The maximum Gasteiger partial charge on any atom is 0.223 e. The summed E-state index contributed by atoms with van der Waals surface area (Å²) in [6.45, 7) is 10.4. The molecule has 0 atom stereocenters. The average Bonchev–Trinajstić information content (AvgIpc) is 2.52. The summed E-state index contributed by atoms with van der Waals surface area (Å²) >= 11 is 0. The van der Waals surface area contributed by atoms with E-state index >= 15 is 0 Å². The first kappa shape index (κ1) is 17.5. The predicted molar refractivity (Wildman–Crippen MR) is 86.7 cm³/mol. The summed E-state index contributed by atoms with van der Waals surface area (Å²) in [5.74, 6) is 0.871. The smallest absolute Gasteiger partial charge is 0.223 e. The third-order valence-corrected chi connectivity index (χ3v) is 3.57. The molecule has 0 heterocycles. The number of rotatable bonds is 10. The molecule has 0 radical (unpaired) electrons. The first-order chi connectivity index (χ1) is 10.2. The molecule has 0 saturated carbocycles. The van der Waals surface area contributed by atoms with Crippen molar-refractivity contribution >= 4 is 5.91 Å². The molecule has 0 unspecified atom stereocenters. The van der Waals surface area contributed by atoms with Gasteiger partial charge in [0.25, 0.3) is 0 Å². The summed E-state index contributed by atoms with van der Waals surface area (Å²) in [5, 5.41) is 2.93. The molecule has 0 bridgehead atoms. The highest BCUT2D eigenvalue weighted by Gasteiger charge is 2.03. The van der Waals surface area contributed by atoms with E-state index in [0.29, 0.717) is 19.6 Å². The summed E-state index contributed by atoms with van der Waals surface area (Å²) in [4.78, 5) is 14.0. The van der Waals surface area contributed by atoms with Crippen LogP contribution in [-0.4, -0.2) is 43.6 Å². The van der Waals surface area contributed by atoms with Crippen molar-refractivity contribution in [2.45, 2.75) is 33.6 Å². The van der Waals surface area contributed by atoms with Crippen LogP contribution in [0.5, 0.6) is 5.75 Å². The van der Waals surface area contributed by atoms with Gasteiger partial charge in [-0.3, -0.25) is 4.79 Å². The Morgan fingerprint density at radius 1 is 1.14 bits per heavy atom. The van der Waals surface area contributed by atoms with Crippen LogP contribution >= 0.6 is 0 Å². The first-order valence-corrected chi connectivity index (χ1v) is 7.90. The van der Waals surface area contributed by atoms with Crippen LogP contribution < -0.4 is 10.1 Å². The molecular weight excluding hydrogens is 264 g/mol. The highest BCUT2D eigenvalue weighted by Crippen LogP contribution is 2.12. The van der Waals surface area contributed by atoms with Crippen LogP contribution in [0, 0.1) is 0 Å². The minimum atomic E-state index is 0.0485. The summed E-state index contributed by atoms with van der Waals surface area (Å²) in [6.07, 6.45) is 1.42. The van der Waals surface area contributed by atoms with Gasteiger partial charge in [0, 0.05) is 13.1 Å². The highest BCUT2D eigenvalue weighted by atomic mass is 16.5.